The molecule has 2 N–H and O–H groups in total. The van der Waals surface area contributed by atoms with E-state index in [0.29, 0.717) is 11.5 Å². The van der Waals surface area contributed by atoms with Crippen molar-refractivity contribution in [2.24, 2.45) is 0 Å². The first-order valence-electron chi connectivity index (χ1n) is 10.3. The third-order valence-corrected chi connectivity index (χ3v) is 7.74. The van der Waals surface area contributed by atoms with Gasteiger partial charge in [-0.15, -0.1) is 0 Å². The molecule has 8 nitrogen and oxygen atoms in total. The molecule has 1 aliphatic carbocycles. The van der Waals surface area contributed by atoms with E-state index in [1.165, 1.54) is 37.3 Å². The van der Waals surface area contributed by atoms with Crippen LogP contribution < -0.4 is 4.72 Å². The summed E-state index contributed by atoms with van der Waals surface area (Å²) in [4.78, 5) is 15.9. The van der Waals surface area contributed by atoms with Gasteiger partial charge in [0.25, 0.3) is 0 Å². The van der Waals surface area contributed by atoms with Gasteiger partial charge >= 0.3 is 5.97 Å². The number of nitrogens with one attached hydrogen (secondary N) is 1. The lowest BCUT2D eigenvalue weighted by molar-refractivity contribution is -0.138. The number of carboxylic acid groups (broad SMARTS) is 1. The Labute approximate surface area is 194 Å². The molecule has 0 saturated heterocycles. The Kier molecular flexibility index (Phi) is 6.51. The van der Waals surface area contributed by atoms with Crippen molar-refractivity contribution in [2.45, 2.75) is 49.5 Å². The van der Waals surface area contributed by atoms with Gasteiger partial charge in [-0.05, 0) is 61.6 Å². The van der Waals surface area contributed by atoms with Crippen molar-refractivity contribution >= 4 is 27.6 Å². The molecule has 1 heterocycles. The van der Waals surface area contributed by atoms with Gasteiger partial charge in [-0.2, -0.15) is 9.71 Å². The quantitative estimate of drug-likeness (QED) is 0.484. The maximum Gasteiger partial charge on any atom is 0.322 e. The fourth-order valence-corrected chi connectivity index (χ4v) is 5.26. The van der Waals surface area contributed by atoms with E-state index in [1.54, 1.807) is 0 Å². The van der Waals surface area contributed by atoms with Crippen LogP contribution in [0.3, 0.4) is 0 Å². The van der Waals surface area contributed by atoms with Crippen LogP contribution in [-0.4, -0.2) is 35.7 Å². The van der Waals surface area contributed by atoms with Crippen molar-refractivity contribution in [1.29, 1.82) is 0 Å². The van der Waals surface area contributed by atoms with Crippen LogP contribution in [0.2, 0.25) is 5.02 Å². The van der Waals surface area contributed by atoms with Crippen LogP contribution in [0.5, 0.6) is 0 Å². The summed E-state index contributed by atoms with van der Waals surface area (Å²) in [5.41, 5.74) is 0.708. The second-order valence-corrected chi connectivity index (χ2v) is 10.1. The Morgan fingerprint density at radius 3 is 2.73 bits per heavy atom. The molecule has 3 aromatic rings. The Bertz CT molecular complexity index is 1310. The molecule has 1 fully saturated rings. The number of carbonyl (C=O) groups is 1. The Hall–Kier alpha value is -2.82. The van der Waals surface area contributed by atoms with E-state index in [-0.39, 0.29) is 39.2 Å². The fourth-order valence-electron chi connectivity index (χ4n) is 3.58. The number of aromatic nitrogens is 2. The highest BCUT2D eigenvalue weighted by molar-refractivity contribution is 7.89. The van der Waals surface area contributed by atoms with Crippen LogP contribution in [0.25, 0.3) is 11.4 Å². The molecule has 0 radical (unpaired) electrons. The molecule has 0 amide bonds. The van der Waals surface area contributed by atoms with Gasteiger partial charge in [0.15, 0.2) is 0 Å². The number of aliphatic carboxylic acids is 1. The number of carboxylic acids is 1. The SMILES string of the molecule is Cc1c(Cl)cccc1S(=O)(=O)NC(Cc1ccc(-c2noc(C3CCC3)n2)c(F)c1)C(=O)O. The van der Waals surface area contributed by atoms with Gasteiger partial charge < -0.3 is 9.63 Å². The first-order valence-corrected chi connectivity index (χ1v) is 12.1. The molecule has 174 valence electrons. The van der Waals surface area contributed by atoms with Gasteiger partial charge in [0, 0.05) is 10.9 Å². The number of hydrogen-bond donors (Lipinski definition) is 2. The summed E-state index contributed by atoms with van der Waals surface area (Å²) in [6, 6.07) is 6.88. The average molecular weight is 494 g/mol. The molecule has 33 heavy (non-hydrogen) atoms. The van der Waals surface area contributed by atoms with Crippen molar-refractivity contribution in [2.75, 3.05) is 0 Å². The highest BCUT2D eigenvalue weighted by Gasteiger charge is 2.28. The summed E-state index contributed by atoms with van der Waals surface area (Å²) in [5.74, 6) is -1.25. The minimum absolute atomic E-state index is 0.118. The predicted octanol–water partition coefficient (Wildman–Crippen LogP) is 4.08. The zero-order valence-corrected chi connectivity index (χ0v) is 19.2. The lowest BCUT2D eigenvalue weighted by Crippen LogP contribution is -2.42. The second kappa shape index (κ2) is 9.20. The minimum Gasteiger partial charge on any atom is -0.480 e. The first kappa shape index (κ1) is 23.3. The third-order valence-electron chi connectivity index (χ3n) is 5.71. The number of halogens is 2. The summed E-state index contributed by atoms with van der Waals surface area (Å²) in [5, 5.41) is 13.7. The van der Waals surface area contributed by atoms with Gasteiger partial charge in [-0.1, -0.05) is 35.3 Å². The van der Waals surface area contributed by atoms with E-state index in [1.807, 2.05) is 0 Å². The lowest BCUT2D eigenvalue weighted by atomic mass is 9.85. The van der Waals surface area contributed by atoms with Crippen molar-refractivity contribution in [1.82, 2.24) is 14.9 Å². The summed E-state index contributed by atoms with van der Waals surface area (Å²) in [7, 11) is -4.18. The Morgan fingerprint density at radius 2 is 2.09 bits per heavy atom. The molecule has 1 saturated carbocycles. The fraction of sp³-hybridized carbons (Fsp3) is 0.318. The number of benzene rings is 2. The molecule has 1 unspecified atom stereocenters. The molecular formula is C22H21ClFN3O5S. The number of nitrogens with zero attached hydrogens (tertiary/aromatic N) is 2. The van der Waals surface area contributed by atoms with E-state index < -0.39 is 27.9 Å². The standard InChI is InChI=1S/C22H21ClFN3O5S/c1-12-16(23)6-3-7-19(12)33(30,31)27-18(22(28)29)11-13-8-9-15(17(24)10-13)20-25-21(32-26-20)14-4-2-5-14/h3,6-10,14,18,27H,2,4-5,11H2,1H3,(H,28,29). The number of hydrogen-bond acceptors (Lipinski definition) is 6. The zero-order chi connectivity index (χ0) is 23.8. The predicted molar refractivity (Wildman–Crippen MR) is 118 cm³/mol. The van der Waals surface area contributed by atoms with E-state index in [4.69, 9.17) is 16.1 Å². The van der Waals surface area contributed by atoms with Crippen LogP contribution in [0.4, 0.5) is 4.39 Å². The van der Waals surface area contributed by atoms with Gasteiger partial charge in [-0.3, -0.25) is 4.79 Å². The topological polar surface area (TPSA) is 122 Å². The minimum atomic E-state index is -4.18. The van der Waals surface area contributed by atoms with Gasteiger partial charge in [0.1, 0.15) is 11.9 Å². The van der Waals surface area contributed by atoms with Crippen LogP contribution in [0, 0.1) is 12.7 Å². The van der Waals surface area contributed by atoms with Crippen molar-refractivity contribution < 1.29 is 27.2 Å². The summed E-state index contributed by atoms with van der Waals surface area (Å²) < 4.78 is 47.7. The first-order chi connectivity index (χ1) is 15.7. The molecule has 1 aromatic heterocycles. The lowest BCUT2D eigenvalue weighted by Gasteiger charge is -2.20. The van der Waals surface area contributed by atoms with Crippen LogP contribution in [0.1, 0.15) is 42.2 Å². The molecule has 11 heteroatoms. The van der Waals surface area contributed by atoms with Crippen LogP contribution >= 0.6 is 11.6 Å². The van der Waals surface area contributed by atoms with E-state index >= 15 is 0 Å². The molecule has 0 spiro atoms. The maximum atomic E-state index is 14.8. The second-order valence-electron chi connectivity index (χ2n) is 7.98. The molecule has 4 rings (SSSR count). The Morgan fingerprint density at radius 1 is 1.33 bits per heavy atom. The van der Waals surface area contributed by atoms with Crippen LogP contribution in [-0.2, 0) is 21.2 Å². The molecular weight excluding hydrogens is 473 g/mol. The molecule has 1 atom stereocenters. The Balaban J connectivity index is 1.53. The number of sulfonamides is 1. The summed E-state index contributed by atoms with van der Waals surface area (Å²) >= 11 is 5.99. The van der Waals surface area contributed by atoms with Gasteiger partial charge in [0.2, 0.25) is 21.7 Å². The monoisotopic (exact) mass is 493 g/mol. The van der Waals surface area contributed by atoms with E-state index in [9.17, 15) is 22.7 Å². The zero-order valence-electron chi connectivity index (χ0n) is 17.6. The summed E-state index contributed by atoms with van der Waals surface area (Å²) in [6.07, 6.45) is 2.75. The highest BCUT2D eigenvalue weighted by atomic mass is 35.5. The van der Waals surface area contributed by atoms with E-state index in [2.05, 4.69) is 14.9 Å². The third kappa shape index (κ3) is 4.92. The van der Waals surface area contributed by atoms with E-state index in [0.717, 1.165) is 25.3 Å². The van der Waals surface area contributed by atoms with Gasteiger partial charge in [0.05, 0.1) is 10.5 Å². The molecule has 0 bridgehead atoms. The molecule has 1 aliphatic rings. The van der Waals surface area contributed by atoms with Crippen molar-refractivity contribution in [3.8, 4) is 11.4 Å². The normalized spacial score (nSPS) is 15.2. The number of rotatable bonds is 8. The highest BCUT2D eigenvalue weighted by Crippen LogP contribution is 2.36. The molecule has 2 aromatic carbocycles. The van der Waals surface area contributed by atoms with Crippen molar-refractivity contribution in [3.63, 3.8) is 0 Å². The largest absolute Gasteiger partial charge is 0.480 e. The maximum absolute atomic E-state index is 14.8. The van der Waals surface area contributed by atoms with Crippen molar-refractivity contribution in [3.05, 3.63) is 64.3 Å². The molecule has 0 aliphatic heterocycles. The summed E-state index contributed by atoms with van der Waals surface area (Å²) in [6.45, 7) is 1.52. The van der Waals surface area contributed by atoms with Gasteiger partial charge in [-0.25, -0.2) is 12.8 Å². The average Bonchev–Trinajstić information content (AvgIpc) is 3.17. The smallest absolute Gasteiger partial charge is 0.322 e. The van der Waals surface area contributed by atoms with Crippen LogP contribution in [0.15, 0.2) is 45.8 Å².